The van der Waals surface area contributed by atoms with Crippen LogP contribution < -0.4 is 15.4 Å². The Morgan fingerprint density at radius 2 is 1.81 bits per heavy atom. The molecule has 1 aromatic rings. The van der Waals surface area contributed by atoms with Crippen molar-refractivity contribution in [2.24, 2.45) is 0 Å². The average molecular weight is 309 g/mol. The first-order chi connectivity index (χ1) is 10.0. The SMILES string of the molecule is O=C1NC2CCC(S(=O)(=O)NCc3ccccc3)CC2N1. The van der Waals surface area contributed by atoms with Gasteiger partial charge >= 0.3 is 6.03 Å². The lowest BCUT2D eigenvalue weighted by molar-refractivity contribution is 0.247. The number of nitrogens with one attached hydrogen (secondary N) is 3. The number of carbonyl (C=O) groups excluding carboxylic acids is 1. The van der Waals surface area contributed by atoms with E-state index in [1.807, 2.05) is 30.3 Å². The van der Waals surface area contributed by atoms with Gasteiger partial charge in [0.1, 0.15) is 0 Å². The Labute approximate surface area is 124 Å². The van der Waals surface area contributed by atoms with Crippen LogP contribution in [0.15, 0.2) is 30.3 Å². The molecule has 3 atom stereocenters. The van der Waals surface area contributed by atoms with Gasteiger partial charge in [0.15, 0.2) is 0 Å². The molecule has 1 saturated heterocycles. The number of sulfonamides is 1. The molecular weight excluding hydrogens is 290 g/mol. The van der Waals surface area contributed by atoms with Crippen molar-refractivity contribution in [3.05, 3.63) is 35.9 Å². The highest BCUT2D eigenvalue weighted by molar-refractivity contribution is 7.90. The lowest BCUT2D eigenvalue weighted by Gasteiger charge is -2.30. The highest BCUT2D eigenvalue weighted by atomic mass is 32.2. The maximum absolute atomic E-state index is 12.4. The molecule has 2 fully saturated rings. The van der Waals surface area contributed by atoms with Gasteiger partial charge in [-0.15, -0.1) is 0 Å². The number of benzene rings is 1. The summed E-state index contributed by atoms with van der Waals surface area (Å²) in [5.74, 6) is 0. The maximum Gasteiger partial charge on any atom is 0.315 e. The van der Waals surface area contributed by atoms with Gasteiger partial charge in [0.05, 0.1) is 17.3 Å². The van der Waals surface area contributed by atoms with Crippen LogP contribution in [0.25, 0.3) is 0 Å². The van der Waals surface area contributed by atoms with Gasteiger partial charge in [-0.25, -0.2) is 17.9 Å². The largest absolute Gasteiger partial charge is 0.333 e. The first kappa shape index (κ1) is 14.3. The molecule has 1 aliphatic heterocycles. The molecule has 2 amide bonds. The topological polar surface area (TPSA) is 87.3 Å². The molecule has 6 nitrogen and oxygen atoms in total. The second kappa shape index (κ2) is 5.65. The summed E-state index contributed by atoms with van der Waals surface area (Å²) in [6.45, 7) is 0.304. The van der Waals surface area contributed by atoms with Gasteiger partial charge in [0.25, 0.3) is 0 Å². The van der Waals surface area contributed by atoms with E-state index in [2.05, 4.69) is 15.4 Å². The molecule has 0 bridgehead atoms. The molecule has 0 aromatic heterocycles. The zero-order valence-electron chi connectivity index (χ0n) is 11.6. The van der Waals surface area contributed by atoms with E-state index in [9.17, 15) is 13.2 Å². The molecule has 7 heteroatoms. The number of carbonyl (C=O) groups is 1. The molecule has 3 unspecified atom stereocenters. The summed E-state index contributed by atoms with van der Waals surface area (Å²) in [5.41, 5.74) is 0.936. The van der Waals surface area contributed by atoms with Crippen molar-refractivity contribution in [1.82, 2.24) is 15.4 Å². The average Bonchev–Trinajstić information content (AvgIpc) is 2.85. The molecule has 114 valence electrons. The quantitative estimate of drug-likeness (QED) is 0.765. The van der Waals surface area contributed by atoms with Crippen LogP contribution in [0, 0.1) is 0 Å². The summed E-state index contributed by atoms with van der Waals surface area (Å²) < 4.78 is 27.4. The van der Waals surface area contributed by atoms with Crippen LogP contribution in [0.4, 0.5) is 4.79 Å². The van der Waals surface area contributed by atoms with Crippen molar-refractivity contribution in [3.8, 4) is 0 Å². The Morgan fingerprint density at radius 3 is 2.57 bits per heavy atom. The molecule has 3 N–H and O–H groups in total. The van der Waals surface area contributed by atoms with Crippen molar-refractivity contribution in [1.29, 1.82) is 0 Å². The number of fused-ring (bicyclic) bond motifs is 1. The molecule has 1 heterocycles. The van der Waals surface area contributed by atoms with Crippen molar-refractivity contribution in [3.63, 3.8) is 0 Å². The summed E-state index contributed by atoms with van der Waals surface area (Å²) in [6.07, 6.45) is 1.74. The monoisotopic (exact) mass is 309 g/mol. The fourth-order valence-corrected chi connectivity index (χ4v) is 4.53. The number of hydrogen-bond acceptors (Lipinski definition) is 3. The Bertz CT molecular complexity index is 618. The first-order valence-electron chi connectivity index (χ1n) is 7.14. The molecule has 1 aliphatic carbocycles. The second-order valence-electron chi connectivity index (χ2n) is 5.62. The van der Waals surface area contributed by atoms with Crippen molar-refractivity contribution >= 4 is 16.1 Å². The normalized spacial score (nSPS) is 28.6. The summed E-state index contributed by atoms with van der Waals surface area (Å²) in [5, 5.41) is 5.17. The molecule has 1 saturated carbocycles. The smallest absolute Gasteiger partial charge is 0.315 e. The second-order valence-corrected chi connectivity index (χ2v) is 7.66. The fourth-order valence-electron chi connectivity index (χ4n) is 3.02. The lowest BCUT2D eigenvalue weighted by atomic mass is 9.91. The van der Waals surface area contributed by atoms with Crippen LogP contribution in [-0.2, 0) is 16.6 Å². The number of hydrogen-bond donors (Lipinski definition) is 3. The standard InChI is InChI=1S/C14H19N3O3S/c18-14-16-12-7-6-11(8-13(12)17-14)21(19,20)15-9-10-4-2-1-3-5-10/h1-5,11-13,15H,6-9H2,(H2,16,17,18). The number of amides is 2. The van der Waals surface area contributed by atoms with Crippen LogP contribution >= 0.6 is 0 Å². The summed E-state index contributed by atoms with van der Waals surface area (Å²) in [6, 6.07) is 9.24. The van der Waals surface area contributed by atoms with E-state index in [0.29, 0.717) is 25.8 Å². The van der Waals surface area contributed by atoms with Crippen molar-refractivity contribution in [2.45, 2.75) is 43.1 Å². The molecule has 2 aliphatic rings. The van der Waals surface area contributed by atoms with Gasteiger partial charge in [-0.2, -0.15) is 0 Å². The van der Waals surface area contributed by atoms with Crippen molar-refractivity contribution in [2.75, 3.05) is 0 Å². The van der Waals surface area contributed by atoms with Crippen LogP contribution in [0.2, 0.25) is 0 Å². The number of rotatable bonds is 4. The Kier molecular flexibility index (Phi) is 3.86. The Balaban J connectivity index is 1.61. The van der Waals surface area contributed by atoms with Crippen LogP contribution in [-0.4, -0.2) is 31.8 Å². The molecule has 21 heavy (non-hydrogen) atoms. The minimum atomic E-state index is -3.37. The van der Waals surface area contributed by atoms with E-state index in [1.165, 1.54) is 0 Å². The van der Waals surface area contributed by atoms with Gasteiger partial charge in [0.2, 0.25) is 10.0 Å². The first-order valence-corrected chi connectivity index (χ1v) is 8.69. The molecule has 3 rings (SSSR count). The van der Waals surface area contributed by atoms with Crippen molar-refractivity contribution < 1.29 is 13.2 Å². The van der Waals surface area contributed by atoms with Crippen LogP contribution in [0.5, 0.6) is 0 Å². The highest BCUT2D eigenvalue weighted by Crippen LogP contribution is 2.26. The number of urea groups is 1. The third-order valence-corrected chi connectivity index (χ3v) is 6.05. The van der Waals surface area contributed by atoms with E-state index in [-0.39, 0.29) is 18.1 Å². The molecular formula is C14H19N3O3S. The minimum Gasteiger partial charge on any atom is -0.333 e. The third kappa shape index (κ3) is 3.19. The van der Waals surface area contributed by atoms with E-state index >= 15 is 0 Å². The van der Waals surface area contributed by atoms with E-state index < -0.39 is 15.3 Å². The zero-order chi connectivity index (χ0) is 14.9. The van der Waals surface area contributed by atoms with Crippen LogP contribution in [0.1, 0.15) is 24.8 Å². The van der Waals surface area contributed by atoms with E-state index in [0.717, 1.165) is 5.56 Å². The van der Waals surface area contributed by atoms with Gasteiger partial charge < -0.3 is 10.6 Å². The Hall–Kier alpha value is -1.60. The maximum atomic E-state index is 12.4. The zero-order valence-corrected chi connectivity index (χ0v) is 12.4. The van der Waals surface area contributed by atoms with E-state index in [4.69, 9.17) is 0 Å². The van der Waals surface area contributed by atoms with Gasteiger partial charge in [-0.1, -0.05) is 30.3 Å². The van der Waals surface area contributed by atoms with Gasteiger partial charge in [-0.05, 0) is 24.8 Å². The third-order valence-electron chi connectivity index (χ3n) is 4.19. The predicted octanol–water partition coefficient (Wildman–Crippen LogP) is 0.708. The lowest BCUT2D eigenvalue weighted by Crippen LogP contribution is -2.46. The summed E-state index contributed by atoms with van der Waals surface area (Å²) in [4.78, 5) is 11.3. The summed E-state index contributed by atoms with van der Waals surface area (Å²) >= 11 is 0. The molecule has 1 aromatic carbocycles. The van der Waals surface area contributed by atoms with E-state index in [1.54, 1.807) is 0 Å². The fraction of sp³-hybridized carbons (Fsp3) is 0.500. The highest BCUT2D eigenvalue weighted by Gasteiger charge is 2.41. The van der Waals surface area contributed by atoms with Gasteiger partial charge in [-0.3, -0.25) is 0 Å². The van der Waals surface area contributed by atoms with Gasteiger partial charge in [0, 0.05) is 6.54 Å². The predicted molar refractivity (Wildman–Crippen MR) is 79.1 cm³/mol. The van der Waals surface area contributed by atoms with Crippen LogP contribution in [0.3, 0.4) is 0 Å². The minimum absolute atomic E-state index is 0.0677. The Morgan fingerprint density at radius 1 is 1.10 bits per heavy atom. The molecule has 0 radical (unpaired) electrons. The molecule has 0 spiro atoms. The summed E-state index contributed by atoms with van der Waals surface area (Å²) in [7, 11) is -3.37.